The van der Waals surface area contributed by atoms with E-state index in [9.17, 15) is 0 Å². The number of fused-ring (bicyclic) bond motifs is 1. The third-order valence-corrected chi connectivity index (χ3v) is 6.76. The summed E-state index contributed by atoms with van der Waals surface area (Å²) in [5.74, 6) is 0. The SMILES string of the molecule is CC1=C(c2ccccc2N(c2cc(C)cc(C)c2)C(N)c2ccc3ccccc3c2)C=CCC1. The Morgan fingerprint density at radius 1 is 0.765 bits per heavy atom. The molecule has 4 aromatic carbocycles. The quantitative estimate of drug-likeness (QED) is 0.313. The largest absolute Gasteiger partial charge is 0.321 e. The molecule has 0 saturated carbocycles. The minimum atomic E-state index is -0.333. The van der Waals surface area contributed by atoms with E-state index in [1.165, 1.54) is 38.6 Å². The summed E-state index contributed by atoms with van der Waals surface area (Å²) in [4.78, 5) is 2.31. The molecule has 1 atom stereocenters. The molecular weight excluding hydrogens is 412 g/mol. The average Bonchev–Trinajstić information content (AvgIpc) is 2.84. The summed E-state index contributed by atoms with van der Waals surface area (Å²) in [6.45, 7) is 6.55. The molecule has 0 radical (unpaired) electrons. The molecule has 0 fully saturated rings. The first-order valence-electron chi connectivity index (χ1n) is 12.1. The molecule has 0 bridgehead atoms. The fourth-order valence-corrected chi connectivity index (χ4v) is 5.09. The number of allylic oxidation sites excluding steroid dienone is 4. The number of benzene rings is 4. The second kappa shape index (κ2) is 9.32. The van der Waals surface area contributed by atoms with Crippen LogP contribution in [-0.4, -0.2) is 0 Å². The highest BCUT2D eigenvalue weighted by atomic mass is 15.2. The molecule has 0 heterocycles. The molecule has 2 nitrogen and oxygen atoms in total. The zero-order valence-corrected chi connectivity index (χ0v) is 20.3. The molecule has 4 aromatic rings. The zero-order chi connectivity index (χ0) is 23.7. The normalized spacial score (nSPS) is 14.5. The Morgan fingerprint density at radius 2 is 1.47 bits per heavy atom. The lowest BCUT2D eigenvalue weighted by molar-refractivity contribution is 0.736. The summed E-state index contributed by atoms with van der Waals surface area (Å²) in [6.07, 6.45) is 6.43. The molecule has 5 rings (SSSR count). The maximum atomic E-state index is 7.12. The highest BCUT2D eigenvalue weighted by Gasteiger charge is 2.24. The van der Waals surface area contributed by atoms with Crippen LogP contribution in [0.15, 0.2) is 103 Å². The summed E-state index contributed by atoms with van der Waals surface area (Å²) in [5.41, 5.74) is 16.9. The molecule has 0 amide bonds. The molecule has 1 aliphatic rings. The van der Waals surface area contributed by atoms with E-state index in [-0.39, 0.29) is 6.17 Å². The van der Waals surface area contributed by atoms with Gasteiger partial charge in [0, 0.05) is 11.3 Å². The number of nitrogens with two attached hydrogens (primary N) is 1. The van der Waals surface area contributed by atoms with Gasteiger partial charge in [-0.2, -0.15) is 0 Å². The fourth-order valence-electron chi connectivity index (χ4n) is 5.09. The van der Waals surface area contributed by atoms with Crippen LogP contribution in [-0.2, 0) is 0 Å². The van der Waals surface area contributed by atoms with Crippen LogP contribution in [0.25, 0.3) is 16.3 Å². The van der Waals surface area contributed by atoms with Crippen molar-refractivity contribution in [2.45, 2.75) is 39.8 Å². The molecule has 34 heavy (non-hydrogen) atoms. The van der Waals surface area contributed by atoms with E-state index >= 15 is 0 Å². The number of anilines is 2. The minimum absolute atomic E-state index is 0.333. The third kappa shape index (κ3) is 4.30. The van der Waals surface area contributed by atoms with Crippen LogP contribution in [0.1, 0.15) is 48.2 Å². The van der Waals surface area contributed by atoms with Gasteiger partial charge in [-0.3, -0.25) is 0 Å². The smallest absolute Gasteiger partial charge is 0.108 e. The molecule has 0 spiro atoms. The first kappa shape index (κ1) is 22.2. The van der Waals surface area contributed by atoms with Gasteiger partial charge in [0.2, 0.25) is 0 Å². The third-order valence-electron chi connectivity index (χ3n) is 6.76. The number of aryl methyl sites for hydroxylation is 2. The lowest BCUT2D eigenvalue weighted by Gasteiger charge is -2.34. The first-order chi connectivity index (χ1) is 16.5. The van der Waals surface area contributed by atoms with Crippen molar-refractivity contribution in [3.05, 3.63) is 125 Å². The monoisotopic (exact) mass is 444 g/mol. The Labute approximate surface area is 203 Å². The van der Waals surface area contributed by atoms with Crippen LogP contribution >= 0.6 is 0 Å². The van der Waals surface area contributed by atoms with Gasteiger partial charge in [0.25, 0.3) is 0 Å². The van der Waals surface area contributed by atoms with Gasteiger partial charge in [0.05, 0.1) is 5.69 Å². The Kier molecular flexibility index (Phi) is 6.08. The Hall–Kier alpha value is -3.62. The van der Waals surface area contributed by atoms with Gasteiger partial charge in [0.15, 0.2) is 0 Å². The van der Waals surface area contributed by atoms with Crippen molar-refractivity contribution in [3.8, 4) is 0 Å². The first-order valence-corrected chi connectivity index (χ1v) is 12.1. The summed E-state index contributed by atoms with van der Waals surface area (Å²) in [7, 11) is 0. The minimum Gasteiger partial charge on any atom is -0.321 e. The predicted octanol–water partition coefficient (Wildman–Crippen LogP) is 8.38. The second-order valence-corrected chi connectivity index (χ2v) is 9.42. The van der Waals surface area contributed by atoms with E-state index in [0.717, 1.165) is 29.8 Å². The van der Waals surface area contributed by atoms with Crippen molar-refractivity contribution in [1.82, 2.24) is 0 Å². The van der Waals surface area contributed by atoms with E-state index in [4.69, 9.17) is 5.73 Å². The lowest BCUT2D eigenvalue weighted by Crippen LogP contribution is -2.31. The van der Waals surface area contributed by atoms with Crippen molar-refractivity contribution in [3.63, 3.8) is 0 Å². The second-order valence-electron chi connectivity index (χ2n) is 9.42. The van der Waals surface area contributed by atoms with E-state index in [1.807, 2.05) is 0 Å². The van der Waals surface area contributed by atoms with E-state index in [1.54, 1.807) is 0 Å². The number of rotatable bonds is 5. The van der Waals surface area contributed by atoms with Crippen LogP contribution < -0.4 is 10.6 Å². The number of hydrogen-bond donors (Lipinski definition) is 1. The maximum absolute atomic E-state index is 7.12. The van der Waals surface area contributed by atoms with Crippen molar-refractivity contribution in [2.75, 3.05) is 4.90 Å². The molecule has 0 aromatic heterocycles. The highest BCUT2D eigenvalue weighted by molar-refractivity contribution is 5.88. The summed E-state index contributed by atoms with van der Waals surface area (Å²) in [5, 5.41) is 2.43. The van der Waals surface area contributed by atoms with Crippen LogP contribution in [0.3, 0.4) is 0 Å². The molecule has 2 heteroatoms. The Balaban J connectivity index is 1.71. The molecule has 0 aliphatic heterocycles. The van der Waals surface area contributed by atoms with Crippen molar-refractivity contribution in [1.29, 1.82) is 0 Å². The van der Waals surface area contributed by atoms with Gasteiger partial charge in [-0.1, -0.05) is 78.4 Å². The van der Waals surface area contributed by atoms with Crippen molar-refractivity contribution in [2.24, 2.45) is 5.73 Å². The summed E-state index contributed by atoms with van der Waals surface area (Å²) >= 11 is 0. The van der Waals surface area contributed by atoms with E-state index < -0.39 is 0 Å². The Morgan fingerprint density at radius 3 is 2.24 bits per heavy atom. The zero-order valence-electron chi connectivity index (χ0n) is 20.3. The molecule has 1 unspecified atom stereocenters. The molecule has 0 saturated heterocycles. The van der Waals surface area contributed by atoms with E-state index in [2.05, 4.69) is 123 Å². The van der Waals surface area contributed by atoms with Gasteiger partial charge in [0.1, 0.15) is 6.17 Å². The number of para-hydroxylation sites is 1. The van der Waals surface area contributed by atoms with Crippen LogP contribution in [0.5, 0.6) is 0 Å². The fraction of sp³-hybridized carbons (Fsp3) is 0.188. The summed E-state index contributed by atoms with van der Waals surface area (Å²) < 4.78 is 0. The van der Waals surface area contributed by atoms with Gasteiger partial charge >= 0.3 is 0 Å². The van der Waals surface area contributed by atoms with Gasteiger partial charge in [-0.25, -0.2) is 0 Å². The standard InChI is InChI=1S/C32H32N2/c1-22-18-23(2)20-28(19-22)34(32(33)27-17-16-25-11-5-6-12-26(25)21-27)31-15-9-8-14-30(31)29-13-7-4-10-24(29)3/h5-9,11-21,32H,4,10,33H2,1-3H3. The predicted molar refractivity (Wildman–Crippen MR) is 146 cm³/mol. The lowest BCUT2D eigenvalue weighted by atomic mass is 9.91. The van der Waals surface area contributed by atoms with Crippen LogP contribution in [0.2, 0.25) is 0 Å². The number of nitrogens with zero attached hydrogens (tertiary/aromatic N) is 1. The van der Waals surface area contributed by atoms with Crippen LogP contribution in [0, 0.1) is 13.8 Å². The molecule has 170 valence electrons. The van der Waals surface area contributed by atoms with Crippen LogP contribution in [0.4, 0.5) is 11.4 Å². The molecular formula is C32H32N2. The average molecular weight is 445 g/mol. The topological polar surface area (TPSA) is 29.3 Å². The molecule has 1 aliphatic carbocycles. The molecule has 2 N–H and O–H groups in total. The highest BCUT2D eigenvalue weighted by Crippen LogP contribution is 2.40. The van der Waals surface area contributed by atoms with Crippen molar-refractivity contribution < 1.29 is 0 Å². The maximum Gasteiger partial charge on any atom is 0.108 e. The van der Waals surface area contributed by atoms with Gasteiger partial charge in [-0.15, -0.1) is 0 Å². The van der Waals surface area contributed by atoms with Gasteiger partial charge in [-0.05, 0) is 90.9 Å². The number of hydrogen-bond acceptors (Lipinski definition) is 2. The van der Waals surface area contributed by atoms with Crippen molar-refractivity contribution >= 4 is 27.7 Å². The van der Waals surface area contributed by atoms with E-state index in [0.29, 0.717) is 0 Å². The summed E-state index contributed by atoms with van der Waals surface area (Å²) in [6, 6.07) is 30.4. The Bertz CT molecular complexity index is 1390. The van der Waals surface area contributed by atoms with Gasteiger partial charge < -0.3 is 10.6 Å².